The average molecular weight is 396 g/mol. The molecular weight excluding hydrogens is 375 g/mol. The highest BCUT2D eigenvalue weighted by Gasteiger charge is 2.29. The van der Waals surface area contributed by atoms with Crippen LogP contribution in [0.15, 0.2) is 54.7 Å². The molecule has 2 heterocycles. The number of rotatable bonds is 5. The lowest BCUT2D eigenvalue weighted by Crippen LogP contribution is -2.27. The van der Waals surface area contributed by atoms with Crippen molar-refractivity contribution in [1.82, 2.24) is 9.88 Å². The summed E-state index contributed by atoms with van der Waals surface area (Å²) in [5.74, 6) is 0.979. The molecule has 0 saturated carbocycles. The van der Waals surface area contributed by atoms with E-state index in [9.17, 15) is 9.18 Å². The van der Waals surface area contributed by atoms with Gasteiger partial charge in [-0.25, -0.2) is 9.37 Å². The third kappa shape index (κ3) is 4.07. The number of aromatic nitrogens is 1. The summed E-state index contributed by atoms with van der Waals surface area (Å²) in [6.07, 6.45) is 3.22. The number of hydrogen-bond donors (Lipinski definition) is 0. The maximum Gasteiger partial charge on any atom is 0.265 e. The molecule has 1 aliphatic heterocycles. The SMILES string of the molecule is COc1ccc(C2CCN(C(=O)c3cnc(Cc4ccc(F)cc4)s3)C2)cc1. The van der Waals surface area contributed by atoms with E-state index >= 15 is 0 Å². The minimum absolute atomic E-state index is 0.0406. The van der Waals surface area contributed by atoms with Crippen molar-refractivity contribution in [2.24, 2.45) is 0 Å². The van der Waals surface area contributed by atoms with Gasteiger partial charge in [0.05, 0.1) is 18.3 Å². The van der Waals surface area contributed by atoms with Gasteiger partial charge in [-0.15, -0.1) is 11.3 Å². The van der Waals surface area contributed by atoms with Crippen molar-refractivity contribution in [2.75, 3.05) is 20.2 Å². The van der Waals surface area contributed by atoms with E-state index < -0.39 is 0 Å². The molecule has 1 unspecified atom stereocenters. The zero-order valence-electron chi connectivity index (χ0n) is 15.6. The van der Waals surface area contributed by atoms with E-state index in [1.54, 1.807) is 25.4 Å². The zero-order valence-corrected chi connectivity index (χ0v) is 16.4. The largest absolute Gasteiger partial charge is 0.497 e. The van der Waals surface area contributed by atoms with Crippen molar-refractivity contribution < 1.29 is 13.9 Å². The number of benzene rings is 2. The average Bonchev–Trinajstić information content (AvgIpc) is 3.39. The van der Waals surface area contributed by atoms with Gasteiger partial charge in [0.2, 0.25) is 0 Å². The van der Waals surface area contributed by atoms with Gasteiger partial charge >= 0.3 is 0 Å². The standard InChI is InChI=1S/C22H21FN2O2S/c1-27-19-8-4-16(5-9-19)17-10-11-25(14-17)22(26)20-13-24-21(28-20)12-15-2-6-18(23)7-3-15/h2-9,13,17H,10-12,14H2,1H3. The second-order valence-corrected chi connectivity index (χ2v) is 8.05. The van der Waals surface area contributed by atoms with Gasteiger partial charge < -0.3 is 9.64 Å². The number of amides is 1. The molecule has 1 atom stereocenters. The third-order valence-corrected chi connectivity index (χ3v) is 6.08. The zero-order chi connectivity index (χ0) is 19.5. The fourth-order valence-electron chi connectivity index (χ4n) is 3.52. The van der Waals surface area contributed by atoms with Gasteiger partial charge in [-0.1, -0.05) is 24.3 Å². The molecule has 1 aromatic heterocycles. The Morgan fingerprint density at radius 2 is 1.96 bits per heavy atom. The van der Waals surface area contributed by atoms with Gasteiger partial charge in [-0.05, 0) is 41.8 Å². The quantitative estimate of drug-likeness (QED) is 0.637. The molecule has 144 valence electrons. The molecule has 1 saturated heterocycles. The number of halogens is 1. The number of ether oxygens (including phenoxy) is 1. The number of hydrogen-bond acceptors (Lipinski definition) is 4. The van der Waals surface area contributed by atoms with Crippen LogP contribution in [0.25, 0.3) is 0 Å². The first-order valence-corrected chi connectivity index (χ1v) is 10.1. The summed E-state index contributed by atoms with van der Waals surface area (Å²) in [6, 6.07) is 14.5. The summed E-state index contributed by atoms with van der Waals surface area (Å²) in [5.41, 5.74) is 2.22. The number of carbonyl (C=O) groups excluding carboxylic acids is 1. The Bertz CT molecular complexity index is 953. The van der Waals surface area contributed by atoms with Gasteiger partial charge in [0, 0.05) is 25.4 Å². The molecule has 3 aromatic rings. The molecule has 28 heavy (non-hydrogen) atoms. The van der Waals surface area contributed by atoms with Crippen LogP contribution in [0, 0.1) is 5.82 Å². The Morgan fingerprint density at radius 1 is 1.21 bits per heavy atom. The van der Waals surface area contributed by atoms with Crippen LogP contribution in [0.5, 0.6) is 5.75 Å². The predicted molar refractivity (Wildman–Crippen MR) is 108 cm³/mol. The molecule has 4 rings (SSSR count). The Labute approximate surface area is 167 Å². The van der Waals surface area contributed by atoms with Crippen LogP contribution in [-0.2, 0) is 6.42 Å². The van der Waals surface area contributed by atoms with Crippen molar-refractivity contribution in [2.45, 2.75) is 18.8 Å². The highest BCUT2D eigenvalue weighted by molar-refractivity contribution is 7.13. The van der Waals surface area contributed by atoms with E-state index in [-0.39, 0.29) is 11.7 Å². The van der Waals surface area contributed by atoms with E-state index in [1.165, 1.54) is 29.0 Å². The van der Waals surface area contributed by atoms with Gasteiger partial charge in [-0.3, -0.25) is 4.79 Å². The fraction of sp³-hybridized carbons (Fsp3) is 0.273. The number of methoxy groups -OCH3 is 1. The third-order valence-electron chi connectivity index (χ3n) is 5.10. The predicted octanol–water partition coefficient (Wildman–Crippen LogP) is 4.51. The van der Waals surface area contributed by atoms with Crippen LogP contribution >= 0.6 is 11.3 Å². The molecule has 2 aromatic carbocycles. The summed E-state index contributed by atoms with van der Waals surface area (Å²) in [6.45, 7) is 1.47. The summed E-state index contributed by atoms with van der Waals surface area (Å²) in [4.78, 5) is 19.8. The summed E-state index contributed by atoms with van der Waals surface area (Å²) in [7, 11) is 1.66. The van der Waals surface area contributed by atoms with Crippen molar-refractivity contribution in [3.05, 3.63) is 81.6 Å². The maximum atomic E-state index is 13.0. The fourth-order valence-corrected chi connectivity index (χ4v) is 4.44. The Morgan fingerprint density at radius 3 is 2.68 bits per heavy atom. The van der Waals surface area contributed by atoms with E-state index in [2.05, 4.69) is 17.1 Å². The van der Waals surface area contributed by atoms with E-state index in [0.29, 0.717) is 17.2 Å². The minimum Gasteiger partial charge on any atom is -0.497 e. The summed E-state index contributed by atoms with van der Waals surface area (Å²) >= 11 is 1.42. The molecule has 1 amide bonds. The second-order valence-electron chi connectivity index (χ2n) is 6.93. The Hall–Kier alpha value is -2.73. The van der Waals surface area contributed by atoms with Gasteiger partial charge in [0.15, 0.2) is 0 Å². The van der Waals surface area contributed by atoms with Gasteiger partial charge in [-0.2, -0.15) is 0 Å². The van der Waals surface area contributed by atoms with Gasteiger partial charge in [0.1, 0.15) is 16.4 Å². The Kier molecular flexibility index (Phi) is 5.39. The normalized spacial score (nSPS) is 16.4. The molecule has 0 spiro atoms. The smallest absolute Gasteiger partial charge is 0.265 e. The minimum atomic E-state index is -0.251. The highest BCUT2D eigenvalue weighted by atomic mass is 32.1. The summed E-state index contributed by atoms with van der Waals surface area (Å²) in [5, 5.41) is 0.862. The van der Waals surface area contributed by atoms with Crippen molar-refractivity contribution in [3.8, 4) is 5.75 Å². The first-order chi connectivity index (χ1) is 13.6. The summed E-state index contributed by atoms with van der Waals surface area (Å²) < 4.78 is 18.2. The van der Waals surface area contributed by atoms with Crippen molar-refractivity contribution >= 4 is 17.2 Å². The lowest BCUT2D eigenvalue weighted by Gasteiger charge is -2.15. The van der Waals surface area contributed by atoms with Crippen LogP contribution in [0.3, 0.4) is 0 Å². The van der Waals surface area contributed by atoms with Crippen LogP contribution < -0.4 is 4.74 Å². The molecule has 4 nitrogen and oxygen atoms in total. The number of thiazole rings is 1. The molecule has 1 fully saturated rings. The monoisotopic (exact) mass is 396 g/mol. The first kappa shape index (κ1) is 18.6. The van der Waals surface area contributed by atoms with E-state index in [1.807, 2.05) is 17.0 Å². The molecule has 1 aliphatic rings. The first-order valence-electron chi connectivity index (χ1n) is 9.25. The van der Waals surface area contributed by atoms with Gasteiger partial charge in [0.25, 0.3) is 5.91 Å². The molecule has 0 bridgehead atoms. The van der Waals surface area contributed by atoms with Crippen LogP contribution in [0.2, 0.25) is 0 Å². The van der Waals surface area contributed by atoms with E-state index in [4.69, 9.17) is 4.74 Å². The van der Waals surface area contributed by atoms with Crippen LogP contribution in [0.4, 0.5) is 4.39 Å². The molecule has 0 aliphatic carbocycles. The van der Waals surface area contributed by atoms with Crippen molar-refractivity contribution in [1.29, 1.82) is 0 Å². The maximum absolute atomic E-state index is 13.0. The molecule has 6 heteroatoms. The number of nitrogens with zero attached hydrogens (tertiary/aromatic N) is 2. The number of carbonyl (C=O) groups is 1. The molecule has 0 radical (unpaired) electrons. The highest BCUT2D eigenvalue weighted by Crippen LogP contribution is 2.30. The molecule has 0 N–H and O–H groups in total. The Balaban J connectivity index is 1.39. The molecular formula is C22H21FN2O2S. The lowest BCUT2D eigenvalue weighted by molar-refractivity contribution is 0.0795. The van der Waals surface area contributed by atoms with Crippen LogP contribution in [0.1, 0.15) is 38.1 Å². The van der Waals surface area contributed by atoms with Crippen LogP contribution in [-0.4, -0.2) is 36.0 Å². The van der Waals surface area contributed by atoms with Crippen molar-refractivity contribution in [3.63, 3.8) is 0 Å². The second kappa shape index (κ2) is 8.10. The topological polar surface area (TPSA) is 42.4 Å². The van der Waals surface area contributed by atoms with E-state index in [0.717, 1.165) is 35.8 Å². The lowest BCUT2D eigenvalue weighted by atomic mass is 9.98. The number of likely N-dealkylation sites (tertiary alicyclic amines) is 1.